The molecular formula is C58H39NO2. The average Bonchev–Trinajstić information content (AvgIpc) is 4.02. The van der Waals surface area contributed by atoms with E-state index >= 15 is 0 Å². The van der Waals surface area contributed by atoms with Crippen LogP contribution in [0.5, 0.6) is 0 Å². The first-order chi connectivity index (χ1) is 30.0. The van der Waals surface area contributed by atoms with E-state index in [1.54, 1.807) is 0 Å². The molecule has 0 saturated carbocycles. The van der Waals surface area contributed by atoms with Crippen LogP contribution in [0.4, 0.5) is 17.1 Å². The second-order valence-electron chi connectivity index (χ2n) is 17.2. The van der Waals surface area contributed by atoms with Crippen molar-refractivity contribution in [1.29, 1.82) is 0 Å². The quantitative estimate of drug-likeness (QED) is 0.174. The molecule has 11 aromatic rings. The van der Waals surface area contributed by atoms with Crippen LogP contribution in [-0.2, 0) is 10.8 Å². The first-order valence-corrected chi connectivity index (χ1v) is 21.2. The van der Waals surface area contributed by atoms with Gasteiger partial charge in [0, 0.05) is 56.2 Å². The number of anilines is 3. The lowest BCUT2D eigenvalue weighted by Gasteiger charge is -2.35. The third-order valence-corrected chi connectivity index (χ3v) is 13.8. The molecule has 0 unspecified atom stereocenters. The van der Waals surface area contributed by atoms with Gasteiger partial charge in [-0.15, -0.1) is 0 Å². The van der Waals surface area contributed by atoms with Gasteiger partial charge < -0.3 is 13.7 Å². The topological polar surface area (TPSA) is 29.5 Å². The molecule has 0 radical (unpaired) electrons. The highest BCUT2D eigenvalue weighted by Crippen LogP contribution is 2.58. The summed E-state index contributed by atoms with van der Waals surface area (Å²) in [5.41, 5.74) is 18.9. The molecular weight excluding hydrogens is 743 g/mol. The van der Waals surface area contributed by atoms with Crippen molar-refractivity contribution in [3.05, 3.63) is 234 Å². The molecule has 61 heavy (non-hydrogen) atoms. The van der Waals surface area contributed by atoms with Gasteiger partial charge in [-0.05, 0) is 104 Å². The first-order valence-electron chi connectivity index (χ1n) is 21.2. The smallest absolute Gasteiger partial charge is 0.137 e. The van der Waals surface area contributed by atoms with Crippen molar-refractivity contribution in [2.24, 2.45) is 0 Å². The molecule has 0 N–H and O–H groups in total. The van der Waals surface area contributed by atoms with Crippen LogP contribution in [0.2, 0.25) is 0 Å². The second-order valence-corrected chi connectivity index (χ2v) is 17.2. The van der Waals surface area contributed by atoms with E-state index in [1.165, 1.54) is 55.6 Å². The van der Waals surface area contributed by atoms with E-state index in [2.05, 4.69) is 195 Å². The van der Waals surface area contributed by atoms with Crippen molar-refractivity contribution in [3.63, 3.8) is 0 Å². The number of benzene rings is 9. The van der Waals surface area contributed by atoms with Crippen molar-refractivity contribution in [2.45, 2.75) is 24.7 Å². The lowest BCUT2D eigenvalue weighted by Crippen LogP contribution is -2.29. The number of nitrogens with zero attached hydrogens (tertiary/aromatic N) is 1. The van der Waals surface area contributed by atoms with Gasteiger partial charge >= 0.3 is 0 Å². The predicted octanol–water partition coefficient (Wildman–Crippen LogP) is 15.6. The molecule has 0 bridgehead atoms. The summed E-state index contributed by atoms with van der Waals surface area (Å²) in [6.45, 7) is 4.78. The molecule has 3 heteroatoms. The van der Waals surface area contributed by atoms with Crippen LogP contribution in [0, 0.1) is 0 Å². The highest BCUT2D eigenvalue weighted by molar-refractivity contribution is 6.08. The summed E-state index contributed by atoms with van der Waals surface area (Å²) in [6, 6.07) is 73.1. The fourth-order valence-electron chi connectivity index (χ4n) is 11.0. The van der Waals surface area contributed by atoms with Gasteiger partial charge in [0.15, 0.2) is 0 Å². The van der Waals surface area contributed by atoms with Crippen molar-refractivity contribution >= 4 is 60.9 Å². The molecule has 2 aliphatic rings. The van der Waals surface area contributed by atoms with Gasteiger partial charge in [-0.2, -0.15) is 0 Å². The molecule has 288 valence electrons. The molecule has 9 aromatic carbocycles. The van der Waals surface area contributed by atoms with E-state index in [1.807, 2.05) is 24.3 Å². The highest BCUT2D eigenvalue weighted by Gasteiger charge is 2.47. The molecule has 0 saturated heterocycles. The Labute approximate surface area is 353 Å². The zero-order valence-corrected chi connectivity index (χ0v) is 33.8. The summed E-state index contributed by atoms with van der Waals surface area (Å²) in [6.07, 6.45) is 0. The molecule has 0 aliphatic heterocycles. The van der Waals surface area contributed by atoms with Gasteiger partial charge in [-0.25, -0.2) is 0 Å². The lowest BCUT2D eigenvalue weighted by molar-refractivity contribution is 0.655. The maximum atomic E-state index is 6.47. The summed E-state index contributed by atoms with van der Waals surface area (Å²) < 4.78 is 12.9. The molecule has 0 fully saturated rings. The van der Waals surface area contributed by atoms with Crippen LogP contribution >= 0.6 is 0 Å². The van der Waals surface area contributed by atoms with Crippen LogP contribution in [0.25, 0.3) is 66.1 Å². The Morgan fingerprint density at radius 1 is 0.328 bits per heavy atom. The Hall–Kier alpha value is -7.62. The van der Waals surface area contributed by atoms with Gasteiger partial charge in [0.25, 0.3) is 0 Å². The fraction of sp³-hybridized carbons (Fsp3) is 0.0690. The van der Waals surface area contributed by atoms with Crippen LogP contribution in [0.3, 0.4) is 0 Å². The minimum Gasteiger partial charge on any atom is -0.456 e. The molecule has 2 aromatic heterocycles. The third kappa shape index (κ3) is 4.69. The Balaban J connectivity index is 0.988. The van der Waals surface area contributed by atoms with Crippen molar-refractivity contribution in [3.8, 4) is 22.3 Å². The molecule has 3 nitrogen and oxygen atoms in total. The van der Waals surface area contributed by atoms with Crippen molar-refractivity contribution < 1.29 is 8.83 Å². The zero-order chi connectivity index (χ0) is 40.5. The fourth-order valence-corrected chi connectivity index (χ4v) is 11.0. The lowest BCUT2D eigenvalue weighted by atomic mass is 9.66. The SMILES string of the molecule is CC1(C)c2cc(N(c3ccc4c(c3)oc3ccccc34)c3ccc4c(c3)oc3ccccc34)ccc2-c2ccc(C3(c4ccccc4)c4ccccc4-c4ccccc43)cc21. The van der Waals surface area contributed by atoms with E-state index < -0.39 is 5.41 Å². The summed E-state index contributed by atoms with van der Waals surface area (Å²) in [5.74, 6) is 0. The Bertz CT molecular complexity index is 3430. The second kappa shape index (κ2) is 12.5. The average molecular weight is 782 g/mol. The minimum atomic E-state index is -0.457. The number of hydrogen-bond acceptors (Lipinski definition) is 3. The summed E-state index contributed by atoms with van der Waals surface area (Å²) in [4.78, 5) is 2.35. The molecule has 13 rings (SSSR count). The Morgan fingerprint density at radius 2 is 0.770 bits per heavy atom. The molecule has 0 amide bonds. The Morgan fingerprint density at radius 3 is 1.38 bits per heavy atom. The monoisotopic (exact) mass is 781 g/mol. The zero-order valence-electron chi connectivity index (χ0n) is 33.8. The van der Waals surface area contributed by atoms with Gasteiger partial charge in [0.1, 0.15) is 22.3 Å². The van der Waals surface area contributed by atoms with E-state index in [9.17, 15) is 0 Å². The van der Waals surface area contributed by atoms with Crippen LogP contribution < -0.4 is 4.90 Å². The van der Waals surface area contributed by atoms with E-state index in [4.69, 9.17) is 8.83 Å². The third-order valence-electron chi connectivity index (χ3n) is 13.8. The maximum absolute atomic E-state index is 6.47. The molecule has 0 atom stereocenters. The number of furan rings is 2. The standard InChI is InChI=1S/C58H39NO2/c1-57(2)51-32-37(58(36-14-4-3-5-15-36)49-20-10-6-16-41(49)42-17-7-11-21-50(42)58)24-28-43(51)44-29-25-38(33-52(44)57)59(39-26-30-47-45-18-8-12-22-53(45)60-55(47)34-39)40-27-31-48-46-19-9-13-23-54(46)61-56(48)35-40/h3-35H,1-2H3. The largest absolute Gasteiger partial charge is 0.456 e. The predicted molar refractivity (Wildman–Crippen MR) is 251 cm³/mol. The maximum Gasteiger partial charge on any atom is 0.137 e. The van der Waals surface area contributed by atoms with Crippen LogP contribution in [-0.4, -0.2) is 0 Å². The van der Waals surface area contributed by atoms with Crippen LogP contribution in [0.1, 0.15) is 47.2 Å². The van der Waals surface area contributed by atoms with Gasteiger partial charge in [-0.3, -0.25) is 0 Å². The van der Waals surface area contributed by atoms with Gasteiger partial charge in [0.2, 0.25) is 0 Å². The number of hydrogen-bond donors (Lipinski definition) is 0. The van der Waals surface area contributed by atoms with E-state index in [0.717, 1.165) is 60.9 Å². The van der Waals surface area contributed by atoms with Gasteiger partial charge in [0.05, 0.1) is 5.41 Å². The van der Waals surface area contributed by atoms with Crippen molar-refractivity contribution in [2.75, 3.05) is 4.90 Å². The summed E-state index contributed by atoms with van der Waals surface area (Å²) >= 11 is 0. The molecule has 2 heterocycles. The normalized spacial score (nSPS) is 14.3. The highest BCUT2D eigenvalue weighted by atomic mass is 16.3. The van der Waals surface area contributed by atoms with Gasteiger partial charge in [-0.1, -0.05) is 153 Å². The van der Waals surface area contributed by atoms with Crippen molar-refractivity contribution in [1.82, 2.24) is 0 Å². The first kappa shape index (κ1) is 34.3. The summed E-state index contributed by atoms with van der Waals surface area (Å²) in [7, 11) is 0. The van der Waals surface area contributed by atoms with E-state index in [0.29, 0.717) is 0 Å². The number of para-hydroxylation sites is 2. The van der Waals surface area contributed by atoms with Crippen LogP contribution in [0.15, 0.2) is 209 Å². The molecule has 0 spiro atoms. The number of rotatable bonds is 5. The minimum absolute atomic E-state index is 0.288. The Kier molecular flexibility index (Phi) is 6.99. The number of fused-ring (bicyclic) bond motifs is 12. The molecule has 2 aliphatic carbocycles. The summed E-state index contributed by atoms with van der Waals surface area (Å²) in [5, 5.41) is 4.45. The van der Waals surface area contributed by atoms with E-state index in [-0.39, 0.29) is 5.41 Å².